The fourth-order valence-electron chi connectivity index (χ4n) is 0.453. The van der Waals surface area contributed by atoms with E-state index in [9.17, 15) is 13.2 Å². The van der Waals surface area contributed by atoms with Crippen molar-refractivity contribution in [3.05, 3.63) is 30.3 Å². The van der Waals surface area contributed by atoms with E-state index in [1.807, 2.05) is 30.3 Å². The summed E-state index contributed by atoms with van der Waals surface area (Å²) in [6.45, 7) is 0. The molecule has 0 aliphatic heterocycles. The zero-order valence-corrected chi connectivity index (χ0v) is 8.46. The summed E-state index contributed by atoms with van der Waals surface area (Å²) in [6, 6.07) is 9.49. The topological polar surface area (TPSA) is 60.0 Å². The van der Waals surface area contributed by atoms with Crippen LogP contribution in [0.15, 0.2) is 30.3 Å². The van der Waals surface area contributed by atoms with Crippen LogP contribution in [0.5, 0.6) is 0 Å². The summed E-state index contributed by atoms with van der Waals surface area (Å²) in [5.41, 5.74) is 0.822. The molecule has 1 rings (SSSR count). The van der Waals surface area contributed by atoms with E-state index < -0.39 is 5.09 Å². The molecule has 0 amide bonds. The molecule has 0 bridgehead atoms. The van der Waals surface area contributed by atoms with E-state index in [0.717, 1.165) is 5.46 Å². The average molecular weight is 271 g/mol. The largest absolute Gasteiger partial charge is 0.870 e. The standard InChI is InChI=1S/C6H5B.CBrF3.2H2O/c7-6-4-2-1-3-5-6;2-1(3,4)5;;/h1-5H;;2*1H2/q+2;;;/p-2. The molecule has 0 unspecified atom stereocenters. The van der Waals surface area contributed by atoms with E-state index in [2.05, 4.69) is 0 Å². The minimum absolute atomic E-state index is 0. The average Bonchev–Trinajstić information content (AvgIpc) is 1.85. The van der Waals surface area contributed by atoms with Crippen LogP contribution in [0, 0.1) is 0 Å². The first-order valence-electron chi connectivity index (χ1n) is 2.96. The third kappa shape index (κ3) is 22.5. The van der Waals surface area contributed by atoms with Crippen LogP contribution in [0.25, 0.3) is 0 Å². The van der Waals surface area contributed by atoms with Crippen LogP contribution in [-0.2, 0) is 0 Å². The molecule has 2 N–H and O–H groups in total. The van der Waals surface area contributed by atoms with Gasteiger partial charge in [-0.3, -0.25) is 0 Å². The van der Waals surface area contributed by atoms with Gasteiger partial charge in [0.15, 0.2) is 0 Å². The first kappa shape index (κ1) is 19.1. The quantitative estimate of drug-likeness (QED) is 0.535. The summed E-state index contributed by atoms with van der Waals surface area (Å²) < 4.78 is 30.8. The van der Waals surface area contributed by atoms with Gasteiger partial charge in [0.25, 0.3) is 0 Å². The molecule has 0 aliphatic carbocycles. The Balaban J connectivity index is -0.000000159. The fraction of sp³-hybridized carbons (Fsp3) is 0.143. The monoisotopic (exact) mass is 270 g/mol. The van der Waals surface area contributed by atoms with Gasteiger partial charge >= 0.3 is 48.7 Å². The van der Waals surface area contributed by atoms with Crippen molar-refractivity contribution in [2.75, 3.05) is 0 Å². The number of alkyl halides is 4. The molecular weight excluding hydrogens is 264 g/mol. The minimum atomic E-state index is -4.19. The van der Waals surface area contributed by atoms with Gasteiger partial charge in [0.2, 0.25) is 0 Å². The molecule has 0 aliphatic rings. The molecule has 78 valence electrons. The van der Waals surface area contributed by atoms with Gasteiger partial charge in [0.05, 0.1) is 0 Å². The predicted molar refractivity (Wildman–Crippen MR) is 50.7 cm³/mol. The Morgan fingerprint density at radius 3 is 1.43 bits per heavy atom. The second kappa shape index (κ2) is 9.05. The van der Waals surface area contributed by atoms with Crippen molar-refractivity contribution in [2.24, 2.45) is 0 Å². The Labute approximate surface area is 89.3 Å². The smallest absolute Gasteiger partial charge is 0.870 e. The molecule has 0 heterocycles. The van der Waals surface area contributed by atoms with Gasteiger partial charge in [-0.1, -0.05) is 0 Å². The third-order valence-corrected chi connectivity index (χ3v) is 0.800. The van der Waals surface area contributed by atoms with E-state index in [-0.39, 0.29) is 11.0 Å². The number of halogens is 4. The van der Waals surface area contributed by atoms with E-state index in [4.69, 9.17) is 7.85 Å². The van der Waals surface area contributed by atoms with Gasteiger partial charge in [0.1, 0.15) is 0 Å². The second-order valence-electron chi connectivity index (χ2n) is 1.84. The van der Waals surface area contributed by atoms with Crippen molar-refractivity contribution in [3.63, 3.8) is 0 Å². The number of rotatable bonds is 0. The number of hydrogen-bond donors (Lipinski definition) is 0. The van der Waals surface area contributed by atoms with Gasteiger partial charge in [0, 0.05) is 15.9 Å². The van der Waals surface area contributed by atoms with Crippen LogP contribution in [0.1, 0.15) is 0 Å². The van der Waals surface area contributed by atoms with Gasteiger partial charge in [-0.15, -0.1) is 0 Å². The molecule has 14 heavy (non-hydrogen) atoms. The molecular formula is C7H7BBrF3O2. The van der Waals surface area contributed by atoms with Crippen molar-refractivity contribution < 1.29 is 24.1 Å². The summed E-state index contributed by atoms with van der Waals surface area (Å²) in [4.78, 5) is 0. The van der Waals surface area contributed by atoms with Crippen LogP contribution in [-0.4, -0.2) is 23.9 Å². The van der Waals surface area contributed by atoms with E-state index >= 15 is 0 Å². The summed E-state index contributed by atoms with van der Waals surface area (Å²) >= 11 is 1.38. The van der Waals surface area contributed by atoms with E-state index in [1.54, 1.807) is 0 Å². The second-order valence-corrected chi connectivity index (χ2v) is 2.74. The van der Waals surface area contributed by atoms with Crippen molar-refractivity contribution in [1.82, 2.24) is 0 Å². The molecule has 0 radical (unpaired) electrons. The Morgan fingerprint density at radius 1 is 1.00 bits per heavy atom. The first-order chi connectivity index (χ1) is 5.39. The molecule has 2 nitrogen and oxygen atoms in total. The zero-order chi connectivity index (χ0) is 9.61. The van der Waals surface area contributed by atoms with Crippen LogP contribution in [0.4, 0.5) is 13.2 Å². The van der Waals surface area contributed by atoms with Crippen molar-refractivity contribution in [2.45, 2.75) is 5.09 Å². The molecule has 0 atom stereocenters. The van der Waals surface area contributed by atoms with Gasteiger partial charge < -0.3 is 11.0 Å². The maximum absolute atomic E-state index is 10.3. The SMILES string of the molecule is FC(F)(F)Br.[B+2]c1ccccc1.[OH-].[OH-]. The zero-order valence-electron chi connectivity index (χ0n) is 6.87. The Bertz CT molecular complexity index is 212. The van der Waals surface area contributed by atoms with Crippen molar-refractivity contribution in [3.8, 4) is 0 Å². The molecule has 1 aromatic rings. The molecule has 1 aromatic carbocycles. The Morgan fingerprint density at radius 2 is 1.29 bits per heavy atom. The van der Waals surface area contributed by atoms with Crippen LogP contribution < -0.4 is 5.46 Å². The van der Waals surface area contributed by atoms with Crippen LogP contribution >= 0.6 is 15.9 Å². The van der Waals surface area contributed by atoms with E-state index in [0.29, 0.717) is 0 Å². The molecule has 7 heteroatoms. The Hall–Kier alpha value is -0.525. The van der Waals surface area contributed by atoms with Gasteiger partial charge in [-0.2, -0.15) is 13.2 Å². The van der Waals surface area contributed by atoms with Crippen molar-refractivity contribution in [1.29, 1.82) is 0 Å². The third-order valence-electron chi connectivity index (χ3n) is 0.800. The summed E-state index contributed by atoms with van der Waals surface area (Å²) in [5, 5.41) is -4.19. The molecule has 0 aromatic heterocycles. The predicted octanol–water partition coefficient (Wildman–Crippen LogP) is 2.03. The maximum atomic E-state index is 10.3. The Kier molecular flexibility index (Phi) is 12.3. The minimum Gasteiger partial charge on any atom is -0.870 e. The number of benzene rings is 1. The van der Waals surface area contributed by atoms with Crippen LogP contribution in [0.3, 0.4) is 0 Å². The molecule has 0 spiro atoms. The normalized spacial score (nSPS) is 8.71. The maximum Gasteiger partial charge on any atom is -0.870 e. The fourth-order valence-corrected chi connectivity index (χ4v) is 0.453. The molecule has 0 saturated carbocycles. The van der Waals surface area contributed by atoms with E-state index in [1.165, 1.54) is 15.9 Å². The van der Waals surface area contributed by atoms with Gasteiger partial charge in [-0.05, 0) is 0 Å². The first-order valence-corrected chi connectivity index (χ1v) is 3.75. The van der Waals surface area contributed by atoms with Crippen molar-refractivity contribution >= 4 is 29.2 Å². The molecule has 0 fully saturated rings. The summed E-state index contributed by atoms with van der Waals surface area (Å²) in [7, 11) is 5.36. The van der Waals surface area contributed by atoms with Crippen LogP contribution in [0.2, 0.25) is 0 Å². The summed E-state index contributed by atoms with van der Waals surface area (Å²) in [5.74, 6) is 0. The molecule has 0 saturated heterocycles. The van der Waals surface area contributed by atoms with Gasteiger partial charge in [-0.25, -0.2) is 0 Å². The number of hydrogen-bond acceptors (Lipinski definition) is 2. The summed E-state index contributed by atoms with van der Waals surface area (Å²) in [6.07, 6.45) is 0.